The first-order valence-corrected chi connectivity index (χ1v) is 5.15. The Kier molecular flexibility index (Phi) is 2.70. The molecule has 2 heterocycles. The smallest absolute Gasteiger partial charge is 0.354 e. The molecule has 0 aliphatic rings. The van der Waals surface area contributed by atoms with Crippen LogP contribution < -0.4 is 0 Å². The third-order valence-corrected chi connectivity index (χ3v) is 2.59. The van der Waals surface area contributed by atoms with E-state index < -0.39 is 11.9 Å². The molecule has 0 saturated carbocycles. The van der Waals surface area contributed by atoms with Crippen molar-refractivity contribution in [3.8, 4) is 0 Å². The van der Waals surface area contributed by atoms with Crippen LogP contribution in [-0.2, 0) is 0 Å². The van der Waals surface area contributed by atoms with Gasteiger partial charge in [-0.25, -0.2) is 19.6 Å². The quantitative estimate of drug-likeness (QED) is 0.835. The summed E-state index contributed by atoms with van der Waals surface area (Å²) in [4.78, 5) is 29.9. The Bertz CT molecular complexity index is 620. The third-order valence-electron chi connectivity index (χ3n) is 2.59. The fraction of sp³-hybridized carbons (Fsp3) is 0.167. The second-order valence-corrected chi connectivity index (χ2v) is 3.96. The number of rotatable bonds is 2. The highest BCUT2D eigenvalue weighted by Gasteiger charge is 2.15. The molecule has 0 spiro atoms. The topological polar surface area (TPSA) is 100 Å². The summed E-state index contributed by atoms with van der Waals surface area (Å²) < 4.78 is 0. The lowest BCUT2D eigenvalue weighted by Crippen LogP contribution is -2.07. The summed E-state index contributed by atoms with van der Waals surface area (Å²) in [6.07, 6.45) is 0. The molecule has 0 fully saturated rings. The van der Waals surface area contributed by atoms with Gasteiger partial charge in [0.05, 0.1) is 11.0 Å². The number of aryl methyl sites for hydroxylation is 2. The summed E-state index contributed by atoms with van der Waals surface area (Å²) in [5.74, 6) is -2.23. The summed E-state index contributed by atoms with van der Waals surface area (Å²) in [7, 11) is 0. The van der Waals surface area contributed by atoms with E-state index in [4.69, 9.17) is 10.2 Å². The average molecular weight is 246 g/mol. The molecule has 2 rings (SSSR count). The Hall–Kier alpha value is -2.50. The van der Waals surface area contributed by atoms with Gasteiger partial charge in [-0.1, -0.05) is 0 Å². The molecule has 6 heteroatoms. The predicted molar refractivity (Wildman–Crippen MR) is 62.9 cm³/mol. The van der Waals surface area contributed by atoms with Crippen LogP contribution in [-0.4, -0.2) is 32.1 Å². The molecule has 6 nitrogen and oxygen atoms in total. The number of pyridine rings is 2. The van der Waals surface area contributed by atoms with Crippen molar-refractivity contribution in [2.24, 2.45) is 0 Å². The van der Waals surface area contributed by atoms with Crippen molar-refractivity contribution < 1.29 is 19.8 Å². The van der Waals surface area contributed by atoms with Crippen molar-refractivity contribution in [1.82, 2.24) is 9.97 Å². The highest BCUT2D eigenvalue weighted by molar-refractivity contribution is 5.93. The lowest BCUT2D eigenvalue weighted by Gasteiger charge is -2.06. The van der Waals surface area contributed by atoms with Crippen molar-refractivity contribution in [1.29, 1.82) is 0 Å². The number of hydrogen-bond acceptors (Lipinski definition) is 4. The first-order chi connectivity index (χ1) is 8.40. The summed E-state index contributed by atoms with van der Waals surface area (Å²) in [6.45, 7) is 3.19. The van der Waals surface area contributed by atoms with Gasteiger partial charge in [-0.3, -0.25) is 0 Å². The van der Waals surface area contributed by atoms with Crippen molar-refractivity contribution >= 4 is 23.0 Å². The number of aromatic carboxylic acids is 2. The number of nitrogens with zero attached hydrogens (tertiary/aromatic N) is 2. The maximum absolute atomic E-state index is 10.9. The monoisotopic (exact) mass is 246 g/mol. The van der Waals surface area contributed by atoms with Gasteiger partial charge in [-0.15, -0.1) is 0 Å². The van der Waals surface area contributed by atoms with E-state index in [0.29, 0.717) is 22.2 Å². The second-order valence-electron chi connectivity index (χ2n) is 3.96. The van der Waals surface area contributed by atoms with Gasteiger partial charge in [0.1, 0.15) is 0 Å². The number of fused-ring (bicyclic) bond motifs is 1. The molecule has 0 amide bonds. The molecule has 0 unspecified atom stereocenters. The molecule has 0 saturated heterocycles. The summed E-state index contributed by atoms with van der Waals surface area (Å²) >= 11 is 0. The van der Waals surface area contributed by atoms with Crippen LogP contribution in [0.4, 0.5) is 0 Å². The minimum Gasteiger partial charge on any atom is -0.477 e. The lowest BCUT2D eigenvalue weighted by molar-refractivity contribution is 0.0678. The fourth-order valence-electron chi connectivity index (χ4n) is 1.72. The van der Waals surface area contributed by atoms with E-state index >= 15 is 0 Å². The number of carboxylic acid groups (broad SMARTS) is 2. The molecule has 0 atom stereocenters. The molecule has 0 radical (unpaired) electrons. The standard InChI is InChI=1S/C12H10N2O4/c1-5-3-7-8(13-9(5)11(15)16)4-6(2)10(14-7)12(17)18/h3-4H,1-2H3,(H,15,16)(H,17,18). The zero-order chi connectivity index (χ0) is 13.4. The molecule has 2 aromatic heterocycles. The molecule has 2 aromatic rings. The van der Waals surface area contributed by atoms with Crippen molar-refractivity contribution in [3.63, 3.8) is 0 Å². The fourth-order valence-corrected chi connectivity index (χ4v) is 1.72. The van der Waals surface area contributed by atoms with Crippen molar-refractivity contribution in [2.75, 3.05) is 0 Å². The van der Waals surface area contributed by atoms with Crippen molar-refractivity contribution in [3.05, 3.63) is 34.6 Å². The number of carboxylic acids is 2. The Balaban J connectivity index is 2.78. The maximum Gasteiger partial charge on any atom is 0.354 e. The minimum atomic E-state index is -1.12. The molecule has 18 heavy (non-hydrogen) atoms. The van der Waals surface area contributed by atoms with E-state index in [1.54, 1.807) is 13.8 Å². The Labute approximate surface area is 102 Å². The van der Waals surface area contributed by atoms with Gasteiger partial charge in [0.15, 0.2) is 11.4 Å². The van der Waals surface area contributed by atoms with E-state index in [0.717, 1.165) is 0 Å². The Morgan fingerprint density at radius 3 is 1.50 bits per heavy atom. The van der Waals surface area contributed by atoms with Gasteiger partial charge < -0.3 is 10.2 Å². The van der Waals surface area contributed by atoms with Gasteiger partial charge in [0.25, 0.3) is 0 Å². The van der Waals surface area contributed by atoms with Crippen molar-refractivity contribution in [2.45, 2.75) is 13.8 Å². The zero-order valence-electron chi connectivity index (χ0n) is 9.76. The number of aromatic nitrogens is 2. The SMILES string of the molecule is Cc1cc2nc(C(=O)O)c(C)cc2nc1C(=O)O. The van der Waals surface area contributed by atoms with Crippen LogP contribution in [0.5, 0.6) is 0 Å². The molecule has 92 valence electrons. The van der Waals surface area contributed by atoms with Crippen LogP contribution in [0, 0.1) is 13.8 Å². The van der Waals surface area contributed by atoms with Crippen LogP contribution in [0.25, 0.3) is 11.0 Å². The molecule has 0 aliphatic carbocycles. The number of hydrogen-bond donors (Lipinski definition) is 2. The van der Waals surface area contributed by atoms with Gasteiger partial charge >= 0.3 is 11.9 Å². The van der Waals surface area contributed by atoms with Crippen LogP contribution in [0.15, 0.2) is 12.1 Å². The largest absolute Gasteiger partial charge is 0.477 e. The summed E-state index contributed by atoms with van der Waals surface area (Å²) in [5.41, 5.74) is 1.55. The van der Waals surface area contributed by atoms with E-state index in [2.05, 4.69) is 9.97 Å². The third kappa shape index (κ3) is 1.88. The van der Waals surface area contributed by atoms with E-state index in [-0.39, 0.29) is 11.4 Å². The van der Waals surface area contributed by atoms with Crippen LogP contribution in [0.1, 0.15) is 32.1 Å². The molecule has 0 aromatic carbocycles. The Morgan fingerprint density at radius 2 is 1.22 bits per heavy atom. The summed E-state index contributed by atoms with van der Waals surface area (Å²) in [6, 6.07) is 3.05. The first kappa shape index (κ1) is 12.0. The minimum absolute atomic E-state index is 0.0493. The molecule has 2 N–H and O–H groups in total. The van der Waals surface area contributed by atoms with E-state index in [9.17, 15) is 9.59 Å². The molecule has 0 bridgehead atoms. The Morgan fingerprint density at radius 1 is 0.889 bits per heavy atom. The van der Waals surface area contributed by atoms with Crippen LogP contribution in [0.2, 0.25) is 0 Å². The van der Waals surface area contributed by atoms with Crippen LogP contribution in [0.3, 0.4) is 0 Å². The second kappa shape index (κ2) is 4.06. The van der Waals surface area contributed by atoms with Crippen LogP contribution >= 0.6 is 0 Å². The molecular weight excluding hydrogens is 236 g/mol. The van der Waals surface area contributed by atoms with Gasteiger partial charge in [-0.05, 0) is 37.1 Å². The normalized spacial score (nSPS) is 10.6. The highest BCUT2D eigenvalue weighted by atomic mass is 16.4. The highest BCUT2D eigenvalue weighted by Crippen LogP contribution is 2.18. The molecular formula is C12H10N2O4. The van der Waals surface area contributed by atoms with E-state index in [1.807, 2.05) is 0 Å². The lowest BCUT2D eigenvalue weighted by atomic mass is 10.1. The average Bonchev–Trinajstić information content (AvgIpc) is 2.27. The van der Waals surface area contributed by atoms with Gasteiger partial charge in [0, 0.05) is 0 Å². The predicted octanol–water partition coefficient (Wildman–Crippen LogP) is 1.64. The number of carbonyl (C=O) groups is 2. The van der Waals surface area contributed by atoms with Gasteiger partial charge in [0.2, 0.25) is 0 Å². The van der Waals surface area contributed by atoms with E-state index in [1.165, 1.54) is 12.1 Å². The summed E-state index contributed by atoms with van der Waals surface area (Å²) in [5, 5.41) is 17.9. The van der Waals surface area contributed by atoms with Gasteiger partial charge in [-0.2, -0.15) is 0 Å². The zero-order valence-corrected chi connectivity index (χ0v) is 9.76. The first-order valence-electron chi connectivity index (χ1n) is 5.15. The maximum atomic E-state index is 10.9. The molecule has 0 aliphatic heterocycles.